The molecule has 2 aromatic heterocycles. The molecule has 7 nitrogen and oxygen atoms in total. The summed E-state index contributed by atoms with van der Waals surface area (Å²) in [6, 6.07) is 15.8. The molecule has 0 aliphatic rings. The topological polar surface area (TPSA) is 110 Å². The van der Waals surface area contributed by atoms with Crippen LogP contribution in [-0.4, -0.2) is 27.2 Å². The standard InChI is InChI=1S/C24H23FN6OS/c25-16-10-12-17(13-11-16)31-24(27)18(15-26)19(30-31)6-4-14-28-22(32)8-3-9-23-29-20-5-1-2-7-21(20)33-23/h1-2,5,7,10-13H,3-4,6,8-9,14,27H2,(H,28,32). The number of nitrogens with two attached hydrogens (primary N) is 1. The van der Waals surface area contributed by atoms with Crippen molar-refractivity contribution in [1.82, 2.24) is 20.1 Å². The van der Waals surface area contributed by atoms with E-state index in [0.717, 1.165) is 28.1 Å². The average Bonchev–Trinajstić information content (AvgIpc) is 3.37. The number of aromatic nitrogens is 3. The third-order valence-corrected chi connectivity index (χ3v) is 6.32. The number of carbonyl (C=O) groups excluding carboxylic acids is 1. The fourth-order valence-corrected chi connectivity index (χ4v) is 4.56. The Kier molecular flexibility index (Phi) is 6.95. The van der Waals surface area contributed by atoms with Crippen LogP contribution in [0.3, 0.4) is 0 Å². The summed E-state index contributed by atoms with van der Waals surface area (Å²) >= 11 is 1.67. The fourth-order valence-electron chi connectivity index (χ4n) is 3.55. The average molecular weight is 463 g/mol. The van der Waals surface area contributed by atoms with Crippen molar-refractivity contribution in [3.05, 3.63) is 70.6 Å². The van der Waals surface area contributed by atoms with Crippen LogP contribution in [0.2, 0.25) is 0 Å². The van der Waals surface area contributed by atoms with Crippen LogP contribution in [0.4, 0.5) is 10.2 Å². The SMILES string of the molecule is N#Cc1c(CCCNC(=O)CCCc2nc3ccccc3s2)nn(-c2ccc(F)cc2)c1N. The predicted molar refractivity (Wildman–Crippen MR) is 127 cm³/mol. The summed E-state index contributed by atoms with van der Waals surface area (Å²) in [7, 11) is 0. The van der Waals surface area contributed by atoms with Crippen molar-refractivity contribution in [3.8, 4) is 11.8 Å². The van der Waals surface area contributed by atoms with Gasteiger partial charge in [-0.15, -0.1) is 11.3 Å². The van der Waals surface area contributed by atoms with Gasteiger partial charge in [0, 0.05) is 13.0 Å². The van der Waals surface area contributed by atoms with Gasteiger partial charge in [0.2, 0.25) is 5.91 Å². The van der Waals surface area contributed by atoms with Crippen LogP contribution in [0.15, 0.2) is 48.5 Å². The van der Waals surface area contributed by atoms with Crippen LogP contribution < -0.4 is 11.1 Å². The van der Waals surface area contributed by atoms with E-state index in [-0.39, 0.29) is 17.5 Å². The Morgan fingerprint density at radius 3 is 2.70 bits per heavy atom. The molecule has 2 heterocycles. The Morgan fingerprint density at radius 1 is 1.15 bits per heavy atom. The molecule has 9 heteroatoms. The van der Waals surface area contributed by atoms with Gasteiger partial charge in [-0.3, -0.25) is 4.79 Å². The van der Waals surface area contributed by atoms with Crippen LogP contribution >= 0.6 is 11.3 Å². The number of hydrogen-bond donors (Lipinski definition) is 2. The third kappa shape index (κ3) is 5.35. The number of carbonyl (C=O) groups is 1. The van der Waals surface area contributed by atoms with E-state index in [0.29, 0.717) is 42.8 Å². The molecule has 4 aromatic rings. The van der Waals surface area contributed by atoms with Crippen molar-refractivity contribution in [2.45, 2.75) is 32.1 Å². The predicted octanol–water partition coefficient (Wildman–Crippen LogP) is 4.15. The number of nitrogens with zero attached hydrogens (tertiary/aromatic N) is 4. The number of rotatable bonds is 9. The van der Waals surface area contributed by atoms with Gasteiger partial charge < -0.3 is 11.1 Å². The molecule has 0 spiro atoms. The first kappa shape index (κ1) is 22.4. The van der Waals surface area contributed by atoms with Gasteiger partial charge in [-0.1, -0.05) is 12.1 Å². The molecule has 0 atom stereocenters. The van der Waals surface area contributed by atoms with Crippen LogP contribution in [0.25, 0.3) is 15.9 Å². The van der Waals surface area contributed by atoms with Crippen molar-refractivity contribution in [1.29, 1.82) is 5.26 Å². The fraction of sp³-hybridized carbons (Fsp3) is 0.250. The zero-order valence-electron chi connectivity index (χ0n) is 17.9. The monoisotopic (exact) mass is 462 g/mol. The van der Waals surface area contributed by atoms with Gasteiger partial charge in [-0.05, 0) is 62.1 Å². The number of benzene rings is 2. The second-order valence-corrected chi connectivity index (χ2v) is 8.70. The van der Waals surface area contributed by atoms with Crippen molar-refractivity contribution in [2.75, 3.05) is 12.3 Å². The number of halogens is 1. The molecule has 33 heavy (non-hydrogen) atoms. The number of nitriles is 1. The maximum Gasteiger partial charge on any atom is 0.220 e. The summed E-state index contributed by atoms with van der Waals surface area (Å²) < 4.78 is 15.8. The lowest BCUT2D eigenvalue weighted by atomic mass is 10.1. The highest BCUT2D eigenvalue weighted by Crippen LogP contribution is 2.23. The molecule has 0 saturated carbocycles. The molecular formula is C24H23FN6OS. The van der Waals surface area contributed by atoms with E-state index >= 15 is 0 Å². The molecule has 0 bridgehead atoms. The second kappa shape index (κ2) is 10.2. The highest BCUT2D eigenvalue weighted by Gasteiger charge is 2.16. The van der Waals surface area contributed by atoms with Gasteiger partial charge in [0.25, 0.3) is 0 Å². The first-order chi connectivity index (χ1) is 16.0. The maximum atomic E-state index is 13.2. The number of nitrogens with one attached hydrogen (secondary N) is 1. The summed E-state index contributed by atoms with van der Waals surface area (Å²) in [5, 5.41) is 17.9. The number of anilines is 1. The molecule has 2 aromatic carbocycles. The first-order valence-corrected chi connectivity index (χ1v) is 11.5. The smallest absolute Gasteiger partial charge is 0.220 e. The van der Waals surface area contributed by atoms with E-state index in [4.69, 9.17) is 5.73 Å². The molecule has 0 saturated heterocycles. The number of para-hydroxylation sites is 1. The van der Waals surface area contributed by atoms with Crippen molar-refractivity contribution >= 4 is 33.3 Å². The van der Waals surface area contributed by atoms with Gasteiger partial charge >= 0.3 is 0 Å². The zero-order valence-corrected chi connectivity index (χ0v) is 18.7. The quantitative estimate of drug-likeness (QED) is 0.363. The number of fused-ring (bicyclic) bond motifs is 1. The van der Waals surface area contributed by atoms with Crippen molar-refractivity contribution < 1.29 is 9.18 Å². The minimum Gasteiger partial charge on any atom is -0.382 e. The Labute approximate surface area is 194 Å². The minimum atomic E-state index is -0.360. The molecule has 0 aliphatic carbocycles. The van der Waals surface area contributed by atoms with Gasteiger partial charge in [0.15, 0.2) is 0 Å². The van der Waals surface area contributed by atoms with E-state index in [2.05, 4.69) is 27.5 Å². The molecule has 0 aliphatic heterocycles. The highest BCUT2D eigenvalue weighted by molar-refractivity contribution is 7.18. The Bertz CT molecular complexity index is 1270. The summed E-state index contributed by atoms with van der Waals surface area (Å²) in [6.07, 6.45) is 3.07. The normalized spacial score (nSPS) is 10.9. The Hall–Kier alpha value is -3.77. The molecular weight excluding hydrogens is 439 g/mol. The van der Waals surface area contributed by atoms with E-state index in [1.54, 1.807) is 23.5 Å². The summed E-state index contributed by atoms with van der Waals surface area (Å²) in [4.78, 5) is 16.8. The number of thiazole rings is 1. The molecule has 0 unspecified atom stereocenters. The third-order valence-electron chi connectivity index (χ3n) is 5.22. The lowest BCUT2D eigenvalue weighted by Gasteiger charge is -2.04. The summed E-state index contributed by atoms with van der Waals surface area (Å²) in [5.74, 6) is -0.146. The van der Waals surface area contributed by atoms with Crippen LogP contribution in [0.1, 0.15) is 35.5 Å². The highest BCUT2D eigenvalue weighted by atomic mass is 32.1. The zero-order chi connectivity index (χ0) is 23.2. The molecule has 1 amide bonds. The van der Waals surface area contributed by atoms with Gasteiger partial charge in [0.05, 0.1) is 26.6 Å². The number of amides is 1. The Balaban J connectivity index is 1.23. The summed E-state index contributed by atoms with van der Waals surface area (Å²) in [5.41, 5.74) is 8.52. The lowest BCUT2D eigenvalue weighted by molar-refractivity contribution is -0.121. The molecule has 168 valence electrons. The molecule has 3 N–H and O–H groups in total. The maximum absolute atomic E-state index is 13.2. The van der Waals surface area contributed by atoms with Crippen LogP contribution in [0.5, 0.6) is 0 Å². The molecule has 0 radical (unpaired) electrons. The minimum absolute atomic E-state index is 0.00651. The van der Waals surface area contributed by atoms with E-state index in [1.165, 1.54) is 16.8 Å². The van der Waals surface area contributed by atoms with Crippen molar-refractivity contribution in [3.63, 3.8) is 0 Å². The van der Waals surface area contributed by atoms with Crippen LogP contribution in [0, 0.1) is 17.1 Å². The van der Waals surface area contributed by atoms with Crippen molar-refractivity contribution in [2.24, 2.45) is 0 Å². The van der Waals surface area contributed by atoms with Gasteiger partial charge in [-0.2, -0.15) is 10.4 Å². The summed E-state index contributed by atoms with van der Waals surface area (Å²) in [6.45, 7) is 0.480. The molecule has 0 fully saturated rings. The van der Waals surface area contributed by atoms with Gasteiger partial charge in [-0.25, -0.2) is 14.1 Å². The van der Waals surface area contributed by atoms with E-state index in [9.17, 15) is 14.4 Å². The number of nitrogen functional groups attached to an aromatic ring is 1. The second-order valence-electron chi connectivity index (χ2n) is 7.59. The first-order valence-electron chi connectivity index (χ1n) is 10.7. The Morgan fingerprint density at radius 2 is 1.94 bits per heavy atom. The number of aryl methyl sites for hydroxylation is 2. The van der Waals surface area contributed by atoms with Crippen LogP contribution in [-0.2, 0) is 17.6 Å². The number of hydrogen-bond acceptors (Lipinski definition) is 6. The van der Waals surface area contributed by atoms with E-state index < -0.39 is 0 Å². The largest absolute Gasteiger partial charge is 0.382 e. The van der Waals surface area contributed by atoms with E-state index in [1.807, 2.05) is 18.2 Å². The lowest BCUT2D eigenvalue weighted by Crippen LogP contribution is -2.24. The van der Waals surface area contributed by atoms with Gasteiger partial charge in [0.1, 0.15) is 23.3 Å². The molecule has 4 rings (SSSR count).